The Hall–Kier alpha value is -3.52. The number of rotatable bonds is 5. The Kier molecular flexibility index (Phi) is 7.93. The fourth-order valence-electron chi connectivity index (χ4n) is 3.66. The number of aromatic nitrogens is 5. The molecule has 37 heavy (non-hydrogen) atoms. The predicted octanol–water partition coefficient (Wildman–Crippen LogP) is 1.67. The maximum Gasteiger partial charge on any atom is 0.508 e. The molecule has 1 fully saturated rings. The lowest BCUT2D eigenvalue weighted by molar-refractivity contribution is -0.0604. The normalized spacial score (nSPS) is 20.1. The van der Waals surface area contributed by atoms with Crippen LogP contribution in [0.1, 0.15) is 71.5 Å². The van der Waals surface area contributed by atoms with Gasteiger partial charge >= 0.3 is 17.9 Å². The van der Waals surface area contributed by atoms with E-state index in [1.165, 1.54) is 24.0 Å². The van der Waals surface area contributed by atoms with Crippen molar-refractivity contribution in [3.8, 4) is 0 Å². The summed E-state index contributed by atoms with van der Waals surface area (Å²) < 4.78 is 24.7. The number of aliphatic hydroxyl groups is 1. The van der Waals surface area contributed by atoms with Crippen molar-refractivity contribution in [2.45, 2.75) is 91.1 Å². The molecular weight excluding hydrogens is 490 g/mol. The second kappa shape index (κ2) is 10.5. The van der Waals surface area contributed by atoms with Gasteiger partial charge in [0.05, 0.1) is 18.8 Å². The van der Waals surface area contributed by atoms with Crippen molar-refractivity contribution in [1.82, 2.24) is 24.1 Å². The van der Waals surface area contributed by atoms with Crippen LogP contribution >= 0.6 is 0 Å². The first kappa shape index (κ1) is 28.1. The molecule has 1 aliphatic rings. The zero-order chi connectivity index (χ0) is 27.7. The van der Waals surface area contributed by atoms with Gasteiger partial charge in [-0.3, -0.25) is 9.36 Å². The molecule has 3 atom stereocenters. The quantitative estimate of drug-likeness (QED) is 0.566. The van der Waals surface area contributed by atoms with Crippen LogP contribution in [0.4, 0.5) is 9.59 Å². The van der Waals surface area contributed by atoms with Crippen LogP contribution < -0.4 is 11.2 Å². The summed E-state index contributed by atoms with van der Waals surface area (Å²) in [7, 11) is 0. The van der Waals surface area contributed by atoms with Crippen molar-refractivity contribution in [3.63, 3.8) is 0 Å². The summed E-state index contributed by atoms with van der Waals surface area (Å²) in [6.45, 7) is 10.8. The third kappa shape index (κ3) is 6.83. The van der Waals surface area contributed by atoms with E-state index in [4.69, 9.17) is 18.9 Å². The van der Waals surface area contributed by atoms with Gasteiger partial charge in [-0.05, 0) is 48.5 Å². The van der Waals surface area contributed by atoms with Gasteiger partial charge in [0, 0.05) is 18.2 Å². The molecule has 0 spiro atoms. The van der Waals surface area contributed by atoms with Crippen molar-refractivity contribution < 1.29 is 33.6 Å². The van der Waals surface area contributed by atoms with Crippen LogP contribution in [0.3, 0.4) is 0 Å². The van der Waals surface area contributed by atoms with E-state index in [0.29, 0.717) is 10.3 Å². The molecule has 3 heterocycles. The highest BCUT2D eigenvalue weighted by Crippen LogP contribution is 2.36. The van der Waals surface area contributed by atoms with Crippen molar-refractivity contribution in [2.75, 3.05) is 6.61 Å². The molecule has 0 saturated carbocycles. The van der Waals surface area contributed by atoms with Gasteiger partial charge in [-0.2, -0.15) is 4.57 Å². The summed E-state index contributed by atoms with van der Waals surface area (Å²) in [5.41, 5.74) is -3.04. The lowest BCUT2D eigenvalue weighted by atomic mass is 10.1. The third-order valence-corrected chi connectivity index (χ3v) is 5.19. The number of aryl methyl sites for hydroxylation is 1. The average Bonchev–Trinajstić information content (AvgIpc) is 3.39. The Morgan fingerprint density at radius 2 is 1.76 bits per heavy atom. The van der Waals surface area contributed by atoms with E-state index in [9.17, 15) is 24.3 Å². The summed E-state index contributed by atoms with van der Waals surface area (Å²) in [6.07, 6.45) is -0.832. The summed E-state index contributed by atoms with van der Waals surface area (Å²) in [6, 6.07) is -0.575. The zero-order valence-electron chi connectivity index (χ0n) is 22.0. The Bertz CT molecular complexity index is 1270. The van der Waals surface area contributed by atoms with E-state index in [-0.39, 0.29) is 25.2 Å². The highest BCUT2D eigenvalue weighted by molar-refractivity contribution is 5.70. The molecule has 0 aliphatic carbocycles. The van der Waals surface area contributed by atoms with Crippen molar-refractivity contribution >= 4 is 12.2 Å². The molecule has 1 N–H and O–H groups in total. The fraction of sp³-hybridized carbons (Fsp3) is 0.652. The number of carbonyl (C=O) groups is 2. The molecule has 204 valence electrons. The first-order valence-corrected chi connectivity index (χ1v) is 11.7. The number of nitrogens with zero attached hydrogens (tertiary/aromatic N) is 5. The van der Waals surface area contributed by atoms with E-state index >= 15 is 0 Å². The minimum absolute atomic E-state index is 0.113. The van der Waals surface area contributed by atoms with Crippen LogP contribution in [-0.4, -0.2) is 65.4 Å². The van der Waals surface area contributed by atoms with Crippen LogP contribution in [0, 0.1) is 6.92 Å². The Balaban J connectivity index is 1.94. The molecule has 0 bridgehead atoms. The average molecular weight is 524 g/mol. The van der Waals surface area contributed by atoms with Gasteiger partial charge in [-0.25, -0.2) is 19.1 Å². The van der Waals surface area contributed by atoms with Crippen molar-refractivity contribution in [2.24, 2.45) is 0 Å². The lowest BCUT2D eigenvalue weighted by Gasteiger charge is -2.22. The maximum absolute atomic E-state index is 13.3. The summed E-state index contributed by atoms with van der Waals surface area (Å²) >= 11 is 0. The second-order valence-electron chi connectivity index (χ2n) is 10.7. The molecule has 0 amide bonds. The minimum atomic E-state index is -1.11. The summed E-state index contributed by atoms with van der Waals surface area (Å²) in [5.74, 6) is 0. The number of hydrogen-bond donors (Lipinski definition) is 1. The first-order chi connectivity index (χ1) is 17.1. The molecule has 1 saturated heterocycles. The van der Waals surface area contributed by atoms with Crippen LogP contribution in [0.2, 0.25) is 0 Å². The third-order valence-electron chi connectivity index (χ3n) is 5.19. The Morgan fingerprint density at radius 1 is 1.11 bits per heavy atom. The standard InChI is InChI=1S/C23H33N5O9/c1-13-9-26(19(31)28(18(13)30)20(32)36-22(2,3)4)17-8-15(27-10-14(11-29)24-25-27)16(35-17)12-34-21(33)37-23(5,6)7/h9-10,15-17,29H,8,11-12H2,1-7H3/t15-,16+,17+/m0/s1. The van der Waals surface area contributed by atoms with Crippen LogP contribution in [0.5, 0.6) is 0 Å². The first-order valence-electron chi connectivity index (χ1n) is 11.7. The largest absolute Gasteiger partial charge is 0.508 e. The number of aliphatic hydroxyl groups excluding tert-OH is 1. The van der Waals surface area contributed by atoms with Crippen LogP contribution in [-0.2, 0) is 25.6 Å². The summed E-state index contributed by atoms with van der Waals surface area (Å²) in [4.78, 5) is 50.7. The van der Waals surface area contributed by atoms with E-state index in [1.54, 1.807) is 41.5 Å². The molecule has 2 aromatic heterocycles. The van der Waals surface area contributed by atoms with Gasteiger partial charge in [-0.15, -0.1) is 5.10 Å². The SMILES string of the molecule is Cc1cn([C@H]2C[C@H](n3cc(CO)nn3)[C@@H](COC(=O)OC(C)(C)C)O2)c(=O)n(C(=O)OC(C)(C)C)c1=O. The highest BCUT2D eigenvalue weighted by atomic mass is 16.7. The van der Waals surface area contributed by atoms with Gasteiger partial charge < -0.3 is 24.1 Å². The summed E-state index contributed by atoms with van der Waals surface area (Å²) in [5, 5.41) is 17.3. The van der Waals surface area contributed by atoms with Crippen LogP contribution in [0.15, 0.2) is 22.0 Å². The molecule has 1 aliphatic heterocycles. The molecule has 3 rings (SSSR count). The minimum Gasteiger partial charge on any atom is -0.443 e. The topological polar surface area (TPSA) is 166 Å². The number of ether oxygens (including phenoxy) is 4. The molecule has 14 nitrogen and oxygen atoms in total. The van der Waals surface area contributed by atoms with E-state index in [0.717, 1.165) is 4.57 Å². The Labute approximate surface area is 212 Å². The van der Waals surface area contributed by atoms with Gasteiger partial charge in [0.25, 0.3) is 5.56 Å². The predicted molar refractivity (Wildman–Crippen MR) is 127 cm³/mol. The molecular formula is C23H33N5O9. The molecule has 0 unspecified atom stereocenters. The zero-order valence-corrected chi connectivity index (χ0v) is 22.0. The van der Waals surface area contributed by atoms with Gasteiger partial charge in [0.2, 0.25) is 0 Å². The number of carbonyl (C=O) groups excluding carboxylic acids is 2. The van der Waals surface area contributed by atoms with Gasteiger partial charge in [0.1, 0.15) is 35.8 Å². The smallest absolute Gasteiger partial charge is 0.443 e. The molecule has 0 aromatic carbocycles. The highest BCUT2D eigenvalue weighted by Gasteiger charge is 2.40. The van der Waals surface area contributed by atoms with Gasteiger partial charge in [-0.1, -0.05) is 5.21 Å². The lowest BCUT2D eigenvalue weighted by Crippen LogP contribution is -2.47. The second-order valence-corrected chi connectivity index (χ2v) is 10.7. The van der Waals surface area contributed by atoms with Crippen LogP contribution in [0.25, 0.3) is 0 Å². The van der Waals surface area contributed by atoms with E-state index < -0.39 is 53.1 Å². The maximum atomic E-state index is 13.3. The molecule has 0 radical (unpaired) electrons. The Morgan fingerprint density at radius 3 is 2.32 bits per heavy atom. The monoisotopic (exact) mass is 523 g/mol. The van der Waals surface area contributed by atoms with Gasteiger partial charge in [0.15, 0.2) is 0 Å². The van der Waals surface area contributed by atoms with Crippen molar-refractivity contribution in [1.29, 1.82) is 0 Å². The number of hydrogen-bond acceptors (Lipinski definition) is 11. The van der Waals surface area contributed by atoms with E-state index in [1.807, 2.05) is 0 Å². The molecule has 14 heteroatoms. The fourth-order valence-corrected chi connectivity index (χ4v) is 3.66. The van der Waals surface area contributed by atoms with E-state index in [2.05, 4.69) is 10.3 Å². The molecule has 2 aromatic rings. The van der Waals surface area contributed by atoms with Crippen molar-refractivity contribution in [3.05, 3.63) is 44.5 Å².